The molecule has 1 atom stereocenters. The maximum absolute atomic E-state index is 8.16. The van der Waals surface area contributed by atoms with Gasteiger partial charge in [0, 0.05) is 0 Å². The fourth-order valence-electron chi connectivity index (χ4n) is 2.69. The smallest absolute Gasteiger partial charge is 0.0670 e. The van der Waals surface area contributed by atoms with Crippen LogP contribution in [0.25, 0.3) is 0 Å². The van der Waals surface area contributed by atoms with Gasteiger partial charge in [0.05, 0.1) is 17.1 Å². The van der Waals surface area contributed by atoms with Crippen LogP contribution in [0.15, 0.2) is 58.6 Å². The van der Waals surface area contributed by atoms with Crippen molar-refractivity contribution >= 4 is 17.1 Å². The molecule has 2 heteroatoms. The minimum atomic E-state index is 0.415. The number of rotatable bonds is 4. The van der Waals surface area contributed by atoms with Crippen molar-refractivity contribution in [2.45, 2.75) is 33.6 Å². The predicted octanol–water partition coefficient (Wildman–Crippen LogP) is 5.10. The highest BCUT2D eigenvalue weighted by atomic mass is 14.7. The molecule has 104 valence electrons. The number of benzene rings is 1. The quantitative estimate of drug-likeness (QED) is 0.736. The first kappa shape index (κ1) is 14.4. The number of hydrogen-bond acceptors (Lipinski definition) is 2. The molecule has 1 aromatic rings. The lowest BCUT2D eigenvalue weighted by Crippen LogP contribution is -2.17. The van der Waals surface area contributed by atoms with Crippen molar-refractivity contribution in [3.63, 3.8) is 0 Å². The van der Waals surface area contributed by atoms with E-state index in [9.17, 15) is 0 Å². The van der Waals surface area contributed by atoms with Gasteiger partial charge < -0.3 is 5.41 Å². The van der Waals surface area contributed by atoms with Crippen LogP contribution in [0.4, 0.5) is 5.69 Å². The van der Waals surface area contributed by atoms with Crippen LogP contribution < -0.4 is 0 Å². The molecule has 0 spiro atoms. The van der Waals surface area contributed by atoms with Gasteiger partial charge in [0.2, 0.25) is 0 Å². The molecular formula is C18H22N2. The molecule has 0 saturated heterocycles. The Labute approximate surface area is 121 Å². The summed E-state index contributed by atoms with van der Waals surface area (Å²) in [4.78, 5) is 4.70. The molecule has 1 unspecified atom stereocenters. The predicted molar refractivity (Wildman–Crippen MR) is 87.2 cm³/mol. The van der Waals surface area contributed by atoms with E-state index in [1.54, 1.807) is 0 Å². The lowest BCUT2D eigenvalue weighted by atomic mass is 9.84. The second kappa shape index (κ2) is 6.47. The molecule has 0 aromatic heterocycles. The Kier molecular flexibility index (Phi) is 4.67. The first-order valence-electron chi connectivity index (χ1n) is 7.25. The fraction of sp³-hybridized carbons (Fsp3) is 0.333. The minimum absolute atomic E-state index is 0.415. The number of nitrogens with zero attached hydrogens (tertiary/aromatic N) is 1. The largest absolute Gasteiger partial charge is 0.301 e. The summed E-state index contributed by atoms with van der Waals surface area (Å²) in [6, 6.07) is 9.99. The SMILES string of the molecule is CCCC(C)C1=C(C)C(=Nc2ccccc2)C=CC1=N. The third kappa shape index (κ3) is 3.13. The lowest BCUT2D eigenvalue weighted by molar-refractivity contribution is 0.616. The van der Waals surface area contributed by atoms with Gasteiger partial charge in [0.25, 0.3) is 0 Å². The van der Waals surface area contributed by atoms with Gasteiger partial charge in [-0.2, -0.15) is 0 Å². The standard InChI is InChI=1S/C18H22N2/c1-4-8-13(2)18-14(3)17(12-11-16(18)19)20-15-9-6-5-7-10-15/h5-7,9-13,19H,4,8H2,1-3H3. The summed E-state index contributed by atoms with van der Waals surface area (Å²) >= 11 is 0. The molecule has 0 amide bonds. The van der Waals surface area contributed by atoms with E-state index < -0.39 is 0 Å². The summed E-state index contributed by atoms with van der Waals surface area (Å²) in [6.45, 7) is 6.48. The zero-order chi connectivity index (χ0) is 14.5. The van der Waals surface area contributed by atoms with E-state index in [4.69, 9.17) is 10.4 Å². The number of allylic oxidation sites excluding steroid dienone is 4. The van der Waals surface area contributed by atoms with Crippen LogP contribution in [0.5, 0.6) is 0 Å². The molecule has 0 fully saturated rings. The van der Waals surface area contributed by atoms with Gasteiger partial charge in [0.15, 0.2) is 0 Å². The highest BCUT2D eigenvalue weighted by Gasteiger charge is 2.20. The minimum Gasteiger partial charge on any atom is -0.301 e. The molecule has 1 aromatic carbocycles. The average molecular weight is 266 g/mol. The van der Waals surface area contributed by atoms with Crippen molar-refractivity contribution in [2.24, 2.45) is 10.9 Å². The molecule has 2 rings (SSSR count). The third-order valence-electron chi connectivity index (χ3n) is 3.71. The first-order valence-corrected chi connectivity index (χ1v) is 7.25. The summed E-state index contributed by atoms with van der Waals surface area (Å²) in [6.07, 6.45) is 6.07. The fourth-order valence-corrected chi connectivity index (χ4v) is 2.69. The molecule has 0 radical (unpaired) electrons. The first-order chi connectivity index (χ1) is 9.63. The number of para-hydroxylation sites is 1. The third-order valence-corrected chi connectivity index (χ3v) is 3.71. The number of aliphatic imine (C=N–C) groups is 1. The molecule has 1 aliphatic carbocycles. The van der Waals surface area contributed by atoms with Crippen LogP contribution in [-0.4, -0.2) is 11.4 Å². The van der Waals surface area contributed by atoms with Crippen molar-refractivity contribution in [3.8, 4) is 0 Å². The molecule has 0 bridgehead atoms. The van der Waals surface area contributed by atoms with E-state index in [0.717, 1.165) is 35.4 Å². The normalized spacial score (nSPS) is 18.8. The van der Waals surface area contributed by atoms with Crippen LogP contribution in [0.3, 0.4) is 0 Å². The molecule has 1 N–H and O–H groups in total. The molecule has 0 heterocycles. The van der Waals surface area contributed by atoms with Crippen LogP contribution in [-0.2, 0) is 0 Å². The van der Waals surface area contributed by atoms with Crippen molar-refractivity contribution < 1.29 is 0 Å². The van der Waals surface area contributed by atoms with Crippen molar-refractivity contribution in [3.05, 3.63) is 53.6 Å². The Balaban J connectivity index is 2.38. The molecule has 1 aliphatic rings. The summed E-state index contributed by atoms with van der Waals surface area (Å²) < 4.78 is 0. The van der Waals surface area contributed by atoms with Crippen LogP contribution >= 0.6 is 0 Å². The maximum Gasteiger partial charge on any atom is 0.0670 e. The Hall–Kier alpha value is -1.96. The van der Waals surface area contributed by atoms with E-state index in [2.05, 4.69) is 20.8 Å². The zero-order valence-corrected chi connectivity index (χ0v) is 12.5. The summed E-state index contributed by atoms with van der Waals surface area (Å²) in [5, 5.41) is 8.16. The zero-order valence-electron chi connectivity index (χ0n) is 12.5. The Morgan fingerprint density at radius 2 is 1.85 bits per heavy atom. The Morgan fingerprint density at radius 3 is 2.50 bits per heavy atom. The van der Waals surface area contributed by atoms with Gasteiger partial charge in [-0.05, 0) is 54.7 Å². The van der Waals surface area contributed by atoms with E-state index >= 15 is 0 Å². The molecule has 0 saturated carbocycles. The molecule has 2 nitrogen and oxygen atoms in total. The van der Waals surface area contributed by atoms with Gasteiger partial charge in [-0.25, -0.2) is 4.99 Å². The number of hydrogen-bond donors (Lipinski definition) is 1. The highest BCUT2D eigenvalue weighted by molar-refractivity contribution is 6.23. The summed E-state index contributed by atoms with van der Waals surface area (Å²) in [5.41, 5.74) is 4.86. The monoisotopic (exact) mass is 266 g/mol. The molecular weight excluding hydrogens is 244 g/mol. The topological polar surface area (TPSA) is 36.2 Å². The van der Waals surface area contributed by atoms with Crippen LogP contribution in [0.1, 0.15) is 33.6 Å². The van der Waals surface area contributed by atoms with E-state index in [1.165, 1.54) is 0 Å². The molecule has 0 aliphatic heterocycles. The highest BCUT2D eigenvalue weighted by Crippen LogP contribution is 2.27. The van der Waals surface area contributed by atoms with Gasteiger partial charge in [-0.15, -0.1) is 0 Å². The molecule has 20 heavy (non-hydrogen) atoms. The second-order valence-electron chi connectivity index (χ2n) is 5.31. The van der Waals surface area contributed by atoms with Gasteiger partial charge in [-0.1, -0.05) is 38.5 Å². The lowest BCUT2D eigenvalue weighted by Gasteiger charge is -2.21. The van der Waals surface area contributed by atoms with Gasteiger partial charge in [0.1, 0.15) is 0 Å². The summed E-state index contributed by atoms with van der Waals surface area (Å²) in [5.74, 6) is 0.415. The van der Waals surface area contributed by atoms with Crippen molar-refractivity contribution in [2.75, 3.05) is 0 Å². The maximum atomic E-state index is 8.16. The summed E-state index contributed by atoms with van der Waals surface area (Å²) in [7, 11) is 0. The van der Waals surface area contributed by atoms with E-state index in [1.807, 2.05) is 42.5 Å². The van der Waals surface area contributed by atoms with Gasteiger partial charge >= 0.3 is 0 Å². The Bertz CT molecular complexity index is 577. The van der Waals surface area contributed by atoms with E-state index in [0.29, 0.717) is 11.6 Å². The van der Waals surface area contributed by atoms with E-state index in [-0.39, 0.29) is 0 Å². The van der Waals surface area contributed by atoms with Crippen molar-refractivity contribution in [1.29, 1.82) is 5.41 Å². The Morgan fingerprint density at radius 1 is 1.15 bits per heavy atom. The van der Waals surface area contributed by atoms with Crippen LogP contribution in [0.2, 0.25) is 0 Å². The van der Waals surface area contributed by atoms with Crippen LogP contribution in [0, 0.1) is 11.3 Å². The van der Waals surface area contributed by atoms with Gasteiger partial charge in [-0.3, -0.25) is 0 Å². The average Bonchev–Trinajstić information content (AvgIpc) is 2.44. The van der Waals surface area contributed by atoms with Crippen molar-refractivity contribution in [1.82, 2.24) is 0 Å². The second-order valence-corrected chi connectivity index (χ2v) is 5.31. The number of nitrogens with one attached hydrogen (secondary N) is 1.